The molecule has 0 aliphatic rings. The maximum Gasteiger partial charge on any atom is 0.265 e. The molecule has 76 heavy (non-hydrogen) atoms. The van der Waals surface area contributed by atoms with Crippen LogP contribution in [0.5, 0.6) is 0 Å². The summed E-state index contributed by atoms with van der Waals surface area (Å²) in [6.07, 6.45) is 36.9. The van der Waals surface area contributed by atoms with Gasteiger partial charge in [0.1, 0.15) is 22.1 Å². The molecule has 0 aliphatic heterocycles. The number of aromatic nitrogens is 4. The van der Waals surface area contributed by atoms with Crippen LogP contribution in [0.25, 0.3) is 76.7 Å². The Morgan fingerprint density at radius 1 is 0.355 bits per heavy atom. The summed E-state index contributed by atoms with van der Waals surface area (Å²) in [5, 5.41) is 1.09. The Balaban J connectivity index is 1.30. The molecule has 8 aromatic rings. The van der Waals surface area contributed by atoms with Crippen LogP contribution in [0.2, 0.25) is 0 Å². The fourth-order valence-corrected chi connectivity index (χ4v) is 12.4. The number of pyridine rings is 2. The number of rotatable bonds is 36. The smallest absolute Gasteiger partial charge is 0.265 e. The lowest BCUT2D eigenvalue weighted by molar-refractivity contribution is 0.350. The molecule has 2 atom stereocenters. The molecule has 410 valence electrons. The van der Waals surface area contributed by atoms with Gasteiger partial charge >= 0.3 is 0 Å². The van der Waals surface area contributed by atoms with E-state index in [-0.39, 0.29) is 79.4 Å². The van der Waals surface area contributed by atoms with Crippen LogP contribution in [0, 0.1) is 11.8 Å². The Labute approximate surface area is 450 Å². The third-order valence-electron chi connectivity index (χ3n) is 16.8. The van der Waals surface area contributed by atoms with Crippen molar-refractivity contribution in [3.63, 3.8) is 0 Å². The van der Waals surface area contributed by atoms with E-state index in [1.807, 2.05) is 48.5 Å². The van der Waals surface area contributed by atoms with Gasteiger partial charge in [-0.05, 0) is 61.8 Å². The Morgan fingerprint density at radius 3 is 0.947 bits per heavy atom. The molecule has 0 bridgehead atoms. The summed E-state index contributed by atoms with van der Waals surface area (Å²) in [4.78, 5) is 73.1. The summed E-state index contributed by atoms with van der Waals surface area (Å²) in [6.45, 7) is 9.46. The number of fused-ring (bicyclic) bond motifs is 8. The van der Waals surface area contributed by atoms with Crippen molar-refractivity contribution in [3.8, 4) is 0 Å². The molecule has 0 amide bonds. The molecule has 4 heterocycles. The summed E-state index contributed by atoms with van der Waals surface area (Å²) in [7, 11) is 0. The number of nitrogens with zero attached hydrogens (tertiary/aromatic N) is 4. The fraction of sp³-hybridized carbons (Fsp3) is 0.606. The quantitative estimate of drug-likeness (QED) is 0.0216. The predicted octanol–water partition coefficient (Wildman–Crippen LogP) is 18.0. The zero-order valence-corrected chi connectivity index (χ0v) is 47.1. The molecule has 0 spiro atoms. The van der Waals surface area contributed by atoms with Crippen molar-refractivity contribution in [2.45, 2.75) is 246 Å². The van der Waals surface area contributed by atoms with Crippen molar-refractivity contribution in [2.75, 3.05) is 0 Å². The van der Waals surface area contributed by atoms with Crippen LogP contribution in [0.1, 0.15) is 233 Å². The zero-order valence-electron chi connectivity index (χ0n) is 47.1. The monoisotopic (exact) mass is 1030 g/mol. The fourth-order valence-electron chi connectivity index (χ4n) is 12.4. The van der Waals surface area contributed by atoms with E-state index in [9.17, 15) is 0 Å². The average Bonchev–Trinajstić information content (AvgIpc) is 3.58. The van der Waals surface area contributed by atoms with Gasteiger partial charge < -0.3 is 8.83 Å². The summed E-state index contributed by atoms with van der Waals surface area (Å²) in [6, 6.07) is 14.8. The van der Waals surface area contributed by atoms with Crippen LogP contribution in [0.4, 0.5) is 0 Å². The molecular weight excluding hydrogens is 945 g/mol. The van der Waals surface area contributed by atoms with Crippen LogP contribution in [-0.2, 0) is 13.1 Å². The highest BCUT2D eigenvalue weighted by atomic mass is 16.3. The molecule has 0 aliphatic carbocycles. The maximum absolute atomic E-state index is 15.7. The van der Waals surface area contributed by atoms with Crippen LogP contribution in [0.15, 0.2) is 76.5 Å². The molecule has 0 fully saturated rings. The zero-order chi connectivity index (χ0) is 53.2. The van der Waals surface area contributed by atoms with E-state index in [4.69, 9.17) is 18.8 Å². The van der Waals surface area contributed by atoms with Gasteiger partial charge in [0.2, 0.25) is 0 Å². The average molecular weight is 1040 g/mol. The van der Waals surface area contributed by atoms with E-state index in [1.165, 1.54) is 138 Å². The first kappa shape index (κ1) is 56.8. The lowest BCUT2D eigenvalue weighted by Crippen LogP contribution is -2.38. The minimum atomic E-state index is -0.492. The second-order valence-electron chi connectivity index (χ2n) is 22.8. The largest absolute Gasteiger partial charge is 0.452 e. The van der Waals surface area contributed by atoms with Gasteiger partial charge in [-0.15, -0.1) is 0 Å². The highest BCUT2D eigenvalue weighted by molar-refractivity contribution is 6.37. The number of hydrogen-bond acceptors (Lipinski definition) is 8. The molecule has 0 saturated carbocycles. The van der Waals surface area contributed by atoms with E-state index >= 15 is 19.2 Å². The minimum Gasteiger partial charge on any atom is -0.452 e. The summed E-state index contributed by atoms with van der Waals surface area (Å²) in [5.74, 6) is 0.180. The van der Waals surface area contributed by atoms with Gasteiger partial charge in [0, 0.05) is 23.9 Å². The van der Waals surface area contributed by atoms with Crippen LogP contribution < -0.4 is 22.2 Å². The van der Waals surface area contributed by atoms with Gasteiger partial charge in [-0.2, -0.15) is 0 Å². The predicted molar refractivity (Wildman–Crippen MR) is 319 cm³/mol. The first-order valence-corrected chi connectivity index (χ1v) is 30.7. The Hall–Kier alpha value is -5.38. The standard InChI is InChI=1S/C66H90N4O6/c1-5-9-13-17-21-23-27-31-39-47(37-29-25-19-15-11-7-3)45-69-63(71)55-53-54-56(60-61(57(53)65(69)73)75-51-43-35-34-42-50(51)68-60)64(72)70(66(74)58(54)62-59(55)67-49-41-33-36-44-52(49)76-62)46-48(38-30-26-20-16-12-8-4)40-32-28-24-22-18-14-10-6-2/h33-36,41-44,47-48H,5-32,37-40,45-46H2,1-4H3. The van der Waals surface area contributed by atoms with Crippen molar-refractivity contribution >= 4 is 76.7 Å². The first-order chi connectivity index (χ1) is 37.3. The van der Waals surface area contributed by atoms with E-state index in [0.29, 0.717) is 22.2 Å². The van der Waals surface area contributed by atoms with E-state index < -0.39 is 22.2 Å². The topological polar surface area (TPSA) is 130 Å². The molecule has 10 nitrogen and oxygen atoms in total. The molecule has 2 unspecified atom stereocenters. The van der Waals surface area contributed by atoms with Gasteiger partial charge in [-0.25, -0.2) is 9.97 Å². The first-order valence-electron chi connectivity index (χ1n) is 30.7. The molecule has 4 aromatic heterocycles. The van der Waals surface area contributed by atoms with Crippen LogP contribution >= 0.6 is 0 Å². The molecule has 8 rings (SSSR count). The van der Waals surface area contributed by atoms with Gasteiger partial charge in [0.05, 0.1) is 21.5 Å². The van der Waals surface area contributed by atoms with Gasteiger partial charge in [0.15, 0.2) is 22.3 Å². The van der Waals surface area contributed by atoms with Gasteiger partial charge in [0.25, 0.3) is 22.2 Å². The van der Waals surface area contributed by atoms with Gasteiger partial charge in [-0.1, -0.05) is 232 Å². The normalized spacial score (nSPS) is 13.1. The lowest BCUT2D eigenvalue weighted by atomic mass is 9.91. The van der Waals surface area contributed by atoms with Crippen molar-refractivity contribution in [1.82, 2.24) is 19.1 Å². The highest BCUT2D eigenvalue weighted by Gasteiger charge is 2.32. The van der Waals surface area contributed by atoms with Crippen molar-refractivity contribution in [3.05, 3.63) is 89.9 Å². The number of para-hydroxylation sites is 4. The van der Waals surface area contributed by atoms with Crippen molar-refractivity contribution in [2.24, 2.45) is 11.8 Å². The third kappa shape index (κ3) is 13.5. The Kier molecular flexibility index (Phi) is 21.6. The third-order valence-corrected chi connectivity index (χ3v) is 16.8. The lowest BCUT2D eigenvalue weighted by Gasteiger charge is -2.22. The highest BCUT2D eigenvalue weighted by Crippen LogP contribution is 2.41. The number of hydrogen-bond donors (Lipinski definition) is 0. The van der Waals surface area contributed by atoms with Crippen molar-refractivity contribution < 1.29 is 8.83 Å². The minimum absolute atomic E-state index is 0.0901. The molecule has 0 radical (unpaired) electrons. The molecule has 10 heteroatoms. The van der Waals surface area contributed by atoms with E-state index in [0.717, 1.165) is 77.0 Å². The summed E-state index contributed by atoms with van der Waals surface area (Å²) >= 11 is 0. The van der Waals surface area contributed by atoms with Gasteiger partial charge in [-0.3, -0.25) is 28.3 Å². The summed E-state index contributed by atoms with van der Waals surface area (Å²) in [5.41, 5.74) is 0.705. The molecular formula is C66H90N4O6. The van der Waals surface area contributed by atoms with Crippen LogP contribution in [0.3, 0.4) is 0 Å². The molecule has 0 N–H and O–H groups in total. The van der Waals surface area contributed by atoms with E-state index in [2.05, 4.69) is 27.7 Å². The second-order valence-corrected chi connectivity index (χ2v) is 22.8. The van der Waals surface area contributed by atoms with Crippen molar-refractivity contribution in [1.29, 1.82) is 0 Å². The Morgan fingerprint density at radius 2 is 0.632 bits per heavy atom. The molecule has 4 aromatic carbocycles. The number of benzene rings is 4. The Bertz CT molecular complexity index is 2970. The second kappa shape index (κ2) is 28.8. The SMILES string of the molecule is CCCCCCCCCCC(CCCCCCCC)Cn1c(=O)c2c3nc4ccccc4oc3c3c(=O)n(CC(CCCCCCCC)CCCCCCCCCC)c(=O)c4c5nc6ccccc6oc5c(c1=O)c2c43. The molecule has 0 saturated heterocycles. The summed E-state index contributed by atoms with van der Waals surface area (Å²) < 4.78 is 16.5. The van der Waals surface area contributed by atoms with E-state index in [1.54, 1.807) is 0 Å². The maximum atomic E-state index is 15.7. The van der Waals surface area contributed by atoms with Crippen LogP contribution in [-0.4, -0.2) is 19.1 Å². The number of unbranched alkanes of at least 4 members (excludes halogenated alkanes) is 24.